The molecule has 6 heteroatoms. The van der Waals surface area contributed by atoms with E-state index in [0.717, 1.165) is 25.3 Å². The number of rotatable bonds is 5. The van der Waals surface area contributed by atoms with E-state index in [1.807, 2.05) is 30.3 Å². The number of ether oxygens (including phenoxy) is 1. The topological polar surface area (TPSA) is 67.6 Å². The van der Waals surface area contributed by atoms with Crippen LogP contribution in [0.15, 0.2) is 41.0 Å². The molecule has 2 aliphatic heterocycles. The number of nitrogens with one attached hydrogen (secondary N) is 1. The van der Waals surface area contributed by atoms with Crippen LogP contribution in [0.1, 0.15) is 18.5 Å². The summed E-state index contributed by atoms with van der Waals surface area (Å²) < 4.78 is 11.3. The lowest BCUT2D eigenvalue weighted by Crippen LogP contribution is -2.50. The van der Waals surface area contributed by atoms with E-state index in [9.17, 15) is 4.79 Å². The molecular weight excluding hydrogens is 318 g/mol. The monoisotopic (exact) mass is 341 g/mol. The summed E-state index contributed by atoms with van der Waals surface area (Å²) in [7, 11) is 0. The van der Waals surface area contributed by atoms with Crippen molar-refractivity contribution in [3.8, 4) is 11.5 Å². The summed E-state index contributed by atoms with van der Waals surface area (Å²) in [5, 5.41) is 2.96. The highest BCUT2D eigenvalue weighted by Gasteiger charge is 2.32. The second kappa shape index (κ2) is 7.37. The SMILES string of the molecule is O=C(Cc1coc(-c2ccccc2)n1)NC[C@@H]1CN2CCC[C@H]2CO1. The van der Waals surface area contributed by atoms with Gasteiger partial charge in [-0.25, -0.2) is 4.98 Å². The van der Waals surface area contributed by atoms with Gasteiger partial charge in [0.25, 0.3) is 0 Å². The zero-order valence-corrected chi connectivity index (χ0v) is 14.2. The first-order chi connectivity index (χ1) is 12.3. The number of nitrogens with zero attached hydrogens (tertiary/aromatic N) is 2. The number of carbonyl (C=O) groups excluding carboxylic acids is 1. The Morgan fingerprint density at radius 3 is 3.08 bits per heavy atom. The van der Waals surface area contributed by atoms with E-state index in [1.54, 1.807) is 6.26 Å². The molecule has 1 aromatic carbocycles. The number of fused-ring (bicyclic) bond motifs is 1. The third kappa shape index (κ3) is 3.91. The van der Waals surface area contributed by atoms with Crippen molar-refractivity contribution in [1.29, 1.82) is 0 Å². The number of hydrogen-bond donors (Lipinski definition) is 1. The van der Waals surface area contributed by atoms with Crippen LogP contribution in [0.4, 0.5) is 0 Å². The highest BCUT2D eigenvalue weighted by molar-refractivity contribution is 5.78. The smallest absolute Gasteiger partial charge is 0.226 e. The fourth-order valence-corrected chi connectivity index (χ4v) is 3.57. The Balaban J connectivity index is 1.26. The van der Waals surface area contributed by atoms with E-state index in [2.05, 4.69) is 15.2 Å². The van der Waals surface area contributed by atoms with E-state index in [0.29, 0.717) is 24.2 Å². The number of hydrogen-bond acceptors (Lipinski definition) is 5. The zero-order valence-electron chi connectivity index (χ0n) is 14.2. The zero-order chi connectivity index (χ0) is 17.1. The number of carbonyl (C=O) groups is 1. The lowest BCUT2D eigenvalue weighted by Gasteiger charge is -2.35. The number of oxazole rings is 1. The average Bonchev–Trinajstić information content (AvgIpc) is 3.29. The van der Waals surface area contributed by atoms with Gasteiger partial charge in [-0.15, -0.1) is 0 Å². The third-order valence-electron chi connectivity index (χ3n) is 4.90. The minimum Gasteiger partial charge on any atom is -0.444 e. The van der Waals surface area contributed by atoms with Crippen LogP contribution >= 0.6 is 0 Å². The van der Waals surface area contributed by atoms with Crippen LogP contribution in [0.3, 0.4) is 0 Å². The molecule has 2 fully saturated rings. The van der Waals surface area contributed by atoms with Gasteiger partial charge in [-0.2, -0.15) is 0 Å². The largest absolute Gasteiger partial charge is 0.444 e. The number of benzene rings is 1. The standard InChI is InChI=1S/C19H23N3O3/c23-18(20-10-17-11-22-8-4-7-16(22)13-24-17)9-15-12-25-19(21-15)14-5-2-1-3-6-14/h1-3,5-6,12,16-17H,4,7-11,13H2,(H,20,23)/t16-,17+/m0/s1. The van der Waals surface area contributed by atoms with Crippen molar-refractivity contribution >= 4 is 5.91 Å². The Labute approximate surface area is 147 Å². The molecule has 25 heavy (non-hydrogen) atoms. The van der Waals surface area contributed by atoms with Gasteiger partial charge in [0, 0.05) is 24.7 Å². The fraction of sp³-hybridized carbons (Fsp3) is 0.474. The minimum atomic E-state index is -0.0555. The van der Waals surface area contributed by atoms with Gasteiger partial charge in [0.05, 0.1) is 24.8 Å². The van der Waals surface area contributed by atoms with Gasteiger partial charge >= 0.3 is 0 Å². The third-order valence-corrected chi connectivity index (χ3v) is 4.90. The molecule has 2 aromatic rings. The van der Waals surface area contributed by atoms with E-state index in [1.165, 1.54) is 12.8 Å². The molecule has 1 aromatic heterocycles. The van der Waals surface area contributed by atoms with Crippen LogP contribution in [0.25, 0.3) is 11.5 Å². The van der Waals surface area contributed by atoms with Gasteiger partial charge in [0.1, 0.15) is 6.26 Å². The van der Waals surface area contributed by atoms with Crippen molar-refractivity contribution in [2.75, 3.05) is 26.2 Å². The van der Waals surface area contributed by atoms with E-state index in [4.69, 9.17) is 9.15 Å². The van der Waals surface area contributed by atoms with Crippen LogP contribution in [-0.2, 0) is 16.0 Å². The molecule has 0 saturated carbocycles. The lowest BCUT2D eigenvalue weighted by atomic mass is 10.2. The molecule has 4 rings (SSSR count). The van der Waals surface area contributed by atoms with Crippen molar-refractivity contribution in [3.63, 3.8) is 0 Å². The number of morpholine rings is 1. The highest BCUT2D eigenvalue weighted by atomic mass is 16.5. The Bertz CT molecular complexity index is 716. The first-order valence-corrected chi connectivity index (χ1v) is 8.90. The van der Waals surface area contributed by atoms with E-state index < -0.39 is 0 Å². The molecule has 0 aliphatic carbocycles. The van der Waals surface area contributed by atoms with Crippen LogP contribution in [0.2, 0.25) is 0 Å². The molecule has 1 amide bonds. The summed E-state index contributed by atoms with van der Waals surface area (Å²) in [4.78, 5) is 19.0. The highest BCUT2D eigenvalue weighted by Crippen LogP contribution is 2.22. The summed E-state index contributed by atoms with van der Waals surface area (Å²) in [6.07, 6.45) is 4.33. The van der Waals surface area contributed by atoms with Crippen LogP contribution < -0.4 is 5.32 Å². The lowest BCUT2D eigenvalue weighted by molar-refractivity contribution is -0.122. The predicted octanol–water partition coefficient (Wildman–Crippen LogP) is 1.86. The summed E-state index contributed by atoms with van der Waals surface area (Å²) >= 11 is 0. The Kier molecular flexibility index (Phi) is 4.81. The molecule has 2 saturated heterocycles. The Hall–Kier alpha value is -2.18. The van der Waals surface area contributed by atoms with Crippen LogP contribution in [0.5, 0.6) is 0 Å². The predicted molar refractivity (Wildman–Crippen MR) is 93.0 cm³/mol. The second-order valence-electron chi connectivity index (χ2n) is 6.74. The van der Waals surface area contributed by atoms with Gasteiger partial charge in [0.2, 0.25) is 11.8 Å². The van der Waals surface area contributed by atoms with E-state index in [-0.39, 0.29) is 18.4 Å². The molecular formula is C19H23N3O3. The maximum atomic E-state index is 12.2. The fourth-order valence-electron chi connectivity index (χ4n) is 3.57. The summed E-state index contributed by atoms with van der Waals surface area (Å²) in [5.74, 6) is 0.485. The van der Waals surface area contributed by atoms with Crippen molar-refractivity contribution in [1.82, 2.24) is 15.2 Å². The summed E-state index contributed by atoms with van der Waals surface area (Å²) in [6.45, 7) is 3.39. The quantitative estimate of drug-likeness (QED) is 0.899. The Morgan fingerprint density at radius 1 is 1.32 bits per heavy atom. The van der Waals surface area contributed by atoms with Crippen molar-refractivity contribution in [2.45, 2.75) is 31.4 Å². The first-order valence-electron chi connectivity index (χ1n) is 8.90. The molecule has 1 N–H and O–H groups in total. The molecule has 3 heterocycles. The van der Waals surface area contributed by atoms with Crippen LogP contribution in [-0.4, -0.2) is 54.2 Å². The summed E-state index contributed by atoms with van der Waals surface area (Å²) in [5.41, 5.74) is 1.55. The molecule has 0 radical (unpaired) electrons. The molecule has 132 valence electrons. The van der Waals surface area contributed by atoms with Gasteiger partial charge in [-0.05, 0) is 31.5 Å². The minimum absolute atomic E-state index is 0.0555. The summed E-state index contributed by atoms with van der Waals surface area (Å²) in [6, 6.07) is 10.3. The Morgan fingerprint density at radius 2 is 2.20 bits per heavy atom. The molecule has 0 unspecified atom stereocenters. The maximum Gasteiger partial charge on any atom is 0.226 e. The molecule has 6 nitrogen and oxygen atoms in total. The van der Waals surface area contributed by atoms with Crippen molar-refractivity contribution in [3.05, 3.63) is 42.3 Å². The number of aromatic nitrogens is 1. The van der Waals surface area contributed by atoms with Gasteiger partial charge < -0.3 is 14.5 Å². The molecule has 0 bridgehead atoms. The normalized spacial score (nSPS) is 23.4. The molecule has 2 atom stereocenters. The van der Waals surface area contributed by atoms with Crippen molar-refractivity contribution < 1.29 is 13.9 Å². The number of amides is 1. The van der Waals surface area contributed by atoms with Crippen LogP contribution in [0, 0.1) is 0 Å². The molecule has 0 spiro atoms. The maximum absolute atomic E-state index is 12.2. The first kappa shape index (κ1) is 16.3. The van der Waals surface area contributed by atoms with Gasteiger partial charge in [-0.3, -0.25) is 9.69 Å². The van der Waals surface area contributed by atoms with Gasteiger partial charge in [-0.1, -0.05) is 18.2 Å². The second-order valence-corrected chi connectivity index (χ2v) is 6.74. The molecule has 2 aliphatic rings. The van der Waals surface area contributed by atoms with Gasteiger partial charge in [0.15, 0.2) is 0 Å². The average molecular weight is 341 g/mol. The van der Waals surface area contributed by atoms with E-state index >= 15 is 0 Å². The van der Waals surface area contributed by atoms with Crippen molar-refractivity contribution in [2.24, 2.45) is 0 Å².